The second-order valence-corrected chi connectivity index (χ2v) is 14.6. The molecule has 2 aliphatic carbocycles. The number of rotatable bonds is 6. The zero-order chi connectivity index (χ0) is 33.4. The van der Waals surface area contributed by atoms with Crippen LogP contribution in [0.3, 0.4) is 0 Å². The quantitative estimate of drug-likeness (QED) is 0.128. The molecular weight excluding hydrogens is 731 g/mol. The van der Waals surface area contributed by atoms with E-state index in [0.29, 0.717) is 22.0 Å². The van der Waals surface area contributed by atoms with E-state index in [1.165, 1.54) is 6.07 Å². The molecule has 1 saturated carbocycles. The van der Waals surface area contributed by atoms with Gasteiger partial charge in [-0.25, -0.2) is 4.90 Å². The lowest BCUT2D eigenvalue weighted by Crippen LogP contribution is -2.60. The zero-order valence-electron chi connectivity index (χ0n) is 25.0. The Bertz CT molecular complexity index is 1890. The highest BCUT2D eigenvalue weighted by molar-refractivity contribution is 9.09. The number of hydrogen-bond acceptors (Lipinski definition) is 6. The smallest absolute Gasteiger partial charge is 0.254 e. The predicted molar refractivity (Wildman–Crippen MR) is 181 cm³/mol. The number of halogens is 4. The van der Waals surface area contributed by atoms with Crippen molar-refractivity contribution in [3.63, 3.8) is 0 Å². The van der Waals surface area contributed by atoms with Gasteiger partial charge < -0.3 is 9.84 Å². The molecule has 0 bridgehead atoms. The monoisotopic (exact) mass is 756 g/mol. The van der Waals surface area contributed by atoms with Crippen LogP contribution >= 0.6 is 50.7 Å². The Labute approximate surface area is 294 Å². The first-order valence-electron chi connectivity index (χ1n) is 15.1. The van der Waals surface area contributed by atoms with Gasteiger partial charge in [-0.05, 0) is 55.0 Å². The van der Waals surface area contributed by atoms with Crippen LogP contribution in [0.1, 0.15) is 35.4 Å². The first-order chi connectivity index (χ1) is 22.4. The number of nitrogens with zero attached hydrogens (tertiary/aromatic N) is 2. The topological polar surface area (TPSA) is 104 Å². The maximum atomic E-state index is 14.2. The van der Waals surface area contributed by atoms with Crippen LogP contribution in [0, 0.1) is 24.7 Å². The number of likely N-dealkylation sites (tertiary alicyclic amines) is 1. The van der Waals surface area contributed by atoms with E-state index >= 15 is 0 Å². The highest BCUT2D eigenvalue weighted by Gasteiger charge is 2.76. The van der Waals surface area contributed by atoms with Crippen molar-refractivity contribution in [1.29, 1.82) is 0 Å². The molecule has 47 heavy (non-hydrogen) atoms. The van der Waals surface area contributed by atoms with Crippen LogP contribution in [0.2, 0.25) is 5.02 Å². The van der Waals surface area contributed by atoms with Gasteiger partial charge in [0.1, 0.15) is 18.1 Å². The van der Waals surface area contributed by atoms with E-state index in [1.54, 1.807) is 30.3 Å². The number of benzene rings is 3. The molecule has 3 fully saturated rings. The Hall–Kier alpha value is -3.37. The van der Waals surface area contributed by atoms with Crippen molar-refractivity contribution in [3.8, 4) is 11.5 Å². The number of carbonyl (C=O) groups is 4. The minimum Gasteiger partial charge on any atom is -0.508 e. The molecule has 242 valence electrons. The highest BCUT2D eigenvalue weighted by Crippen LogP contribution is 2.66. The summed E-state index contributed by atoms with van der Waals surface area (Å²) in [7, 11) is 0. The number of imide groups is 2. The van der Waals surface area contributed by atoms with E-state index in [2.05, 4.69) is 15.9 Å². The fraction of sp³-hybridized carbons (Fsp3) is 0.314. The molecule has 0 spiro atoms. The molecule has 0 radical (unpaired) electrons. The van der Waals surface area contributed by atoms with Crippen LogP contribution in [0.4, 0.5) is 5.69 Å². The van der Waals surface area contributed by atoms with Gasteiger partial charge in [0.2, 0.25) is 11.8 Å². The Morgan fingerprint density at radius 1 is 0.957 bits per heavy atom. The number of anilines is 1. The number of phenols is 1. The summed E-state index contributed by atoms with van der Waals surface area (Å²) in [5.41, 5.74) is 2.77. The molecule has 8 nitrogen and oxygen atoms in total. The van der Waals surface area contributed by atoms with E-state index in [0.717, 1.165) is 20.9 Å². The summed E-state index contributed by atoms with van der Waals surface area (Å²) in [6, 6.07) is 19.2. The summed E-state index contributed by atoms with van der Waals surface area (Å²) in [5, 5.41) is 11.9. The number of amides is 4. The third-order valence-corrected chi connectivity index (χ3v) is 12.3. The number of allylic oxidation sites excluding steroid dienone is 2. The Morgan fingerprint density at radius 3 is 2.38 bits per heavy atom. The molecule has 12 heteroatoms. The minimum atomic E-state index is -2.03. The molecule has 3 aromatic rings. The van der Waals surface area contributed by atoms with Crippen molar-refractivity contribution in [1.82, 2.24) is 4.90 Å². The standard InChI is InChI=1S/C35H28BrCl3N2O6/c1-18-7-8-20(13-26(18)37)41-30(43)24-12-11-22-25(28(24)31(41)44)15-34(38)32(45)40(17-36)33(46)35(34,39)29(22)23-10-9-21(14-27(23)42)47-16-19-5-3-2-4-6-19/h2-11,13-14,24-25,28-29,42H,12,15-17H2,1H3. The zero-order valence-corrected chi connectivity index (χ0v) is 28.8. The van der Waals surface area contributed by atoms with E-state index in [4.69, 9.17) is 39.5 Å². The molecule has 2 saturated heterocycles. The van der Waals surface area contributed by atoms with Gasteiger partial charge >= 0.3 is 0 Å². The number of fused-ring (bicyclic) bond motifs is 4. The normalized spacial score (nSPS) is 29.9. The molecule has 4 amide bonds. The van der Waals surface area contributed by atoms with E-state index in [-0.39, 0.29) is 42.1 Å². The SMILES string of the molecule is Cc1ccc(N2C(=O)C3CC=C4C(CC5(Cl)C(=O)N(CBr)C(=O)C5(Cl)C4c4ccc(OCc5ccccc5)cc4O)C3C2=O)cc1Cl. The third kappa shape index (κ3) is 4.68. The number of ether oxygens (including phenoxy) is 1. The summed E-state index contributed by atoms with van der Waals surface area (Å²) in [6.45, 7) is 2.08. The Kier molecular flexibility index (Phi) is 7.98. The number of aryl methyl sites for hydroxylation is 1. The lowest BCUT2D eigenvalue weighted by molar-refractivity contribution is -0.138. The van der Waals surface area contributed by atoms with E-state index in [9.17, 15) is 24.3 Å². The fourth-order valence-corrected chi connectivity index (χ4v) is 9.26. The number of phenolic OH excluding ortho intramolecular Hbond substituents is 1. The molecule has 2 heterocycles. The molecule has 1 N–H and O–H groups in total. The molecular formula is C35H28BrCl3N2O6. The average Bonchev–Trinajstić information content (AvgIpc) is 3.39. The van der Waals surface area contributed by atoms with Crippen molar-refractivity contribution < 1.29 is 29.0 Å². The molecule has 6 unspecified atom stereocenters. The Balaban J connectivity index is 1.31. The molecule has 0 aromatic heterocycles. The maximum absolute atomic E-state index is 14.2. The lowest BCUT2D eigenvalue weighted by atomic mass is 9.56. The Morgan fingerprint density at radius 2 is 1.70 bits per heavy atom. The molecule has 7 rings (SSSR count). The summed E-state index contributed by atoms with van der Waals surface area (Å²) in [6.07, 6.45) is 1.86. The second-order valence-electron chi connectivity index (χ2n) is 12.4. The van der Waals surface area contributed by atoms with Crippen LogP contribution < -0.4 is 9.64 Å². The number of alkyl halides is 3. The van der Waals surface area contributed by atoms with Crippen LogP contribution in [0.25, 0.3) is 0 Å². The minimum absolute atomic E-state index is 0.145. The predicted octanol–water partition coefficient (Wildman–Crippen LogP) is 6.85. The van der Waals surface area contributed by atoms with E-state index in [1.807, 2.05) is 43.3 Å². The summed E-state index contributed by atoms with van der Waals surface area (Å²) < 4.78 is 5.91. The second kappa shape index (κ2) is 11.7. The third-order valence-electron chi connectivity index (χ3n) is 9.99. The van der Waals surface area contributed by atoms with Gasteiger partial charge in [0.05, 0.1) is 23.0 Å². The summed E-state index contributed by atoms with van der Waals surface area (Å²) >= 11 is 24.2. The van der Waals surface area contributed by atoms with Crippen molar-refractivity contribution in [3.05, 3.63) is 100 Å². The molecule has 4 aliphatic rings. The number of hydrogen-bond donors (Lipinski definition) is 1. The molecule has 2 aliphatic heterocycles. The average molecular weight is 759 g/mol. The van der Waals surface area contributed by atoms with Crippen molar-refractivity contribution in [2.75, 3.05) is 10.4 Å². The van der Waals surface area contributed by atoms with Crippen molar-refractivity contribution in [2.24, 2.45) is 17.8 Å². The first-order valence-corrected chi connectivity index (χ1v) is 17.3. The highest BCUT2D eigenvalue weighted by atomic mass is 79.9. The van der Waals surface area contributed by atoms with Gasteiger partial charge in [-0.3, -0.25) is 24.1 Å². The molecule has 6 atom stereocenters. The largest absolute Gasteiger partial charge is 0.508 e. The van der Waals surface area contributed by atoms with Crippen LogP contribution in [-0.4, -0.2) is 48.8 Å². The van der Waals surface area contributed by atoms with Crippen molar-refractivity contribution in [2.45, 2.75) is 42.0 Å². The summed E-state index contributed by atoms with van der Waals surface area (Å²) in [4.78, 5) is 54.0. The maximum Gasteiger partial charge on any atom is 0.254 e. The molecule has 3 aromatic carbocycles. The van der Waals surface area contributed by atoms with Crippen LogP contribution in [-0.2, 0) is 25.8 Å². The van der Waals surface area contributed by atoms with Crippen LogP contribution in [0.15, 0.2) is 78.4 Å². The van der Waals surface area contributed by atoms with Gasteiger partial charge in [0.15, 0.2) is 9.75 Å². The van der Waals surface area contributed by atoms with E-state index < -0.39 is 51.1 Å². The summed E-state index contributed by atoms with van der Waals surface area (Å²) in [5.74, 6) is -5.51. The van der Waals surface area contributed by atoms with Gasteiger partial charge in [0.25, 0.3) is 11.8 Å². The van der Waals surface area contributed by atoms with Gasteiger partial charge in [-0.15, -0.1) is 23.2 Å². The van der Waals surface area contributed by atoms with Crippen molar-refractivity contribution >= 4 is 80.0 Å². The number of aromatic hydroxyl groups is 1. The lowest BCUT2D eigenvalue weighted by Gasteiger charge is -2.50. The number of carbonyl (C=O) groups excluding carboxylic acids is 4. The first kappa shape index (κ1) is 32.2. The van der Waals surface area contributed by atoms with Gasteiger partial charge in [-0.2, -0.15) is 0 Å². The van der Waals surface area contributed by atoms with Gasteiger partial charge in [0, 0.05) is 22.6 Å². The fourth-order valence-electron chi connectivity index (χ4n) is 7.67. The van der Waals surface area contributed by atoms with Crippen LogP contribution in [0.5, 0.6) is 11.5 Å². The van der Waals surface area contributed by atoms with Gasteiger partial charge in [-0.1, -0.05) is 81.6 Å².